The van der Waals surface area contributed by atoms with Crippen LogP contribution < -0.4 is 14.2 Å². The molecule has 0 aliphatic carbocycles. The number of ether oxygens (including phenoxy) is 4. The van der Waals surface area contributed by atoms with Gasteiger partial charge in [-0.3, -0.25) is 4.79 Å². The summed E-state index contributed by atoms with van der Waals surface area (Å²) >= 11 is 0. The van der Waals surface area contributed by atoms with Crippen LogP contribution in [0, 0.1) is 5.82 Å². The van der Waals surface area contributed by atoms with Crippen LogP contribution in [0.2, 0.25) is 0 Å². The van der Waals surface area contributed by atoms with Crippen molar-refractivity contribution in [2.24, 2.45) is 0 Å². The molecular weight excluding hydrogens is 535 g/mol. The largest absolute Gasteiger partial charge is 0.507 e. The average molecular weight is 573 g/mol. The van der Waals surface area contributed by atoms with Crippen molar-refractivity contribution >= 4 is 5.97 Å². The van der Waals surface area contributed by atoms with E-state index in [0.717, 1.165) is 47.3 Å². The number of rotatable bonds is 14. The van der Waals surface area contributed by atoms with E-state index in [1.54, 1.807) is 18.2 Å². The van der Waals surface area contributed by atoms with Crippen molar-refractivity contribution in [3.05, 3.63) is 101 Å². The quantitative estimate of drug-likeness (QED) is 0.122. The molecule has 1 N–H and O–H groups in total. The summed E-state index contributed by atoms with van der Waals surface area (Å²) in [5, 5.41) is 10.6. The second kappa shape index (κ2) is 14.9. The molecule has 220 valence electrons. The van der Waals surface area contributed by atoms with Crippen LogP contribution in [0.15, 0.2) is 78.9 Å². The second-order valence-electron chi connectivity index (χ2n) is 9.83. The summed E-state index contributed by atoms with van der Waals surface area (Å²) in [4.78, 5) is 11.9. The van der Waals surface area contributed by atoms with Gasteiger partial charge in [-0.1, -0.05) is 56.7 Å². The molecule has 0 bridgehead atoms. The minimum Gasteiger partial charge on any atom is -0.507 e. The van der Waals surface area contributed by atoms with E-state index in [1.807, 2.05) is 55.5 Å². The number of benzene rings is 4. The van der Waals surface area contributed by atoms with Gasteiger partial charge in [-0.15, -0.1) is 0 Å². The van der Waals surface area contributed by atoms with Gasteiger partial charge in [0.2, 0.25) is 0 Å². The Labute approximate surface area is 246 Å². The molecule has 4 aromatic carbocycles. The predicted octanol–water partition coefficient (Wildman–Crippen LogP) is 8.07. The van der Waals surface area contributed by atoms with Crippen molar-refractivity contribution in [3.63, 3.8) is 0 Å². The van der Waals surface area contributed by atoms with Gasteiger partial charge in [0.15, 0.2) is 0 Å². The highest BCUT2D eigenvalue weighted by molar-refractivity contribution is 5.74. The molecule has 0 radical (unpaired) electrons. The molecule has 4 rings (SSSR count). The molecule has 0 saturated carbocycles. The van der Waals surface area contributed by atoms with E-state index in [1.165, 1.54) is 19.2 Å². The first-order valence-electron chi connectivity index (χ1n) is 14.2. The van der Waals surface area contributed by atoms with Crippen molar-refractivity contribution in [1.29, 1.82) is 0 Å². The number of hydrogen-bond acceptors (Lipinski definition) is 6. The summed E-state index contributed by atoms with van der Waals surface area (Å²) in [5.41, 5.74) is 4.04. The van der Waals surface area contributed by atoms with Gasteiger partial charge in [0.25, 0.3) is 0 Å². The number of hydrogen-bond donors (Lipinski definition) is 1. The molecule has 0 aliphatic heterocycles. The van der Waals surface area contributed by atoms with Crippen LogP contribution in [0.3, 0.4) is 0 Å². The highest BCUT2D eigenvalue weighted by Crippen LogP contribution is 2.37. The third-order valence-corrected chi connectivity index (χ3v) is 6.86. The number of aromatic hydroxyl groups is 1. The highest BCUT2D eigenvalue weighted by Gasteiger charge is 2.15. The maximum absolute atomic E-state index is 13.3. The molecule has 4 aromatic rings. The number of para-hydroxylation sites is 1. The average Bonchev–Trinajstić information content (AvgIpc) is 3.00. The van der Waals surface area contributed by atoms with E-state index in [-0.39, 0.29) is 24.0 Å². The van der Waals surface area contributed by atoms with Gasteiger partial charge in [0.05, 0.1) is 26.7 Å². The Morgan fingerprint density at radius 3 is 2.21 bits per heavy atom. The Balaban J connectivity index is 1.39. The van der Waals surface area contributed by atoms with E-state index in [9.17, 15) is 14.3 Å². The summed E-state index contributed by atoms with van der Waals surface area (Å²) < 4.78 is 36.7. The molecule has 0 aromatic heterocycles. The summed E-state index contributed by atoms with van der Waals surface area (Å²) in [6.45, 7) is 4.96. The molecule has 0 aliphatic rings. The number of halogens is 1. The standard InChI is InChI=1S/C35H37FO6/c1-4-10-28-32(13-8-14-33(28)42-31-12-7-6-11-26(31)22-35(38)39-3)40-19-9-20-41-34-23-30(37)29(21-24(34)5-2)25-15-17-27(36)18-16-25/h6-8,11-18,21,23,37H,4-5,9-10,19-20,22H2,1-3H3. The number of phenolic OH excluding ortho intramolecular Hbond substituents is 1. The third-order valence-electron chi connectivity index (χ3n) is 6.86. The summed E-state index contributed by atoms with van der Waals surface area (Å²) in [6.07, 6.45) is 3.14. The van der Waals surface area contributed by atoms with Gasteiger partial charge in [0.1, 0.15) is 34.6 Å². The van der Waals surface area contributed by atoms with Crippen LogP contribution >= 0.6 is 0 Å². The lowest BCUT2D eigenvalue weighted by atomic mass is 10.00. The number of esters is 1. The zero-order valence-electron chi connectivity index (χ0n) is 24.3. The summed E-state index contributed by atoms with van der Waals surface area (Å²) in [6, 6.07) is 22.7. The van der Waals surface area contributed by atoms with E-state index in [4.69, 9.17) is 18.9 Å². The van der Waals surface area contributed by atoms with Crippen molar-refractivity contribution in [1.82, 2.24) is 0 Å². The van der Waals surface area contributed by atoms with Crippen LogP contribution in [-0.4, -0.2) is 31.4 Å². The lowest BCUT2D eigenvalue weighted by molar-refractivity contribution is -0.139. The Hall–Kier alpha value is -4.52. The zero-order chi connectivity index (χ0) is 29.9. The molecule has 6 nitrogen and oxygen atoms in total. The van der Waals surface area contributed by atoms with E-state index < -0.39 is 0 Å². The third kappa shape index (κ3) is 7.81. The first-order valence-corrected chi connectivity index (χ1v) is 14.2. The van der Waals surface area contributed by atoms with Crippen LogP contribution in [0.5, 0.6) is 28.7 Å². The molecule has 0 heterocycles. The van der Waals surface area contributed by atoms with Crippen LogP contribution in [0.4, 0.5) is 4.39 Å². The number of phenols is 1. The van der Waals surface area contributed by atoms with E-state index in [2.05, 4.69) is 6.92 Å². The van der Waals surface area contributed by atoms with Crippen molar-refractivity contribution in [2.75, 3.05) is 20.3 Å². The minimum atomic E-state index is -0.329. The lowest BCUT2D eigenvalue weighted by Gasteiger charge is -2.18. The maximum atomic E-state index is 13.3. The Kier molecular flexibility index (Phi) is 10.8. The normalized spacial score (nSPS) is 10.8. The smallest absolute Gasteiger partial charge is 0.310 e. The number of aryl methyl sites for hydroxylation is 1. The first kappa shape index (κ1) is 30.4. The van der Waals surface area contributed by atoms with Gasteiger partial charge in [0, 0.05) is 29.2 Å². The van der Waals surface area contributed by atoms with Crippen molar-refractivity contribution in [3.8, 4) is 39.9 Å². The van der Waals surface area contributed by atoms with Crippen molar-refractivity contribution in [2.45, 2.75) is 46.0 Å². The van der Waals surface area contributed by atoms with Crippen molar-refractivity contribution < 1.29 is 33.2 Å². The van der Waals surface area contributed by atoms with Gasteiger partial charge < -0.3 is 24.1 Å². The van der Waals surface area contributed by atoms with Gasteiger partial charge in [-0.25, -0.2) is 4.39 Å². The van der Waals surface area contributed by atoms with E-state index >= 15 is 0 Å². The molecule has 0 spiro atoms. The fourth-order valence-electron chi connectivity index (χ4n) is 4.68. The zero-order valence-corrected chi connectivity index (χ0v) is 24.3. The molecule has 0 unspecified atom stereocenters. The van der Waals surface area contributed by atoms with E-state index in [0.29, 0.717) is 42.4 Å². The number of carbonyl (C=O) groups excluding carboxylic acids is 1. The van der Waals surface area contributed by atoms with Crippen LogP contribution in [0.1, 0.15) is 43.4 Å². The minimum absolute atomic E-state index is 0.0826. The molecule has 0 atom stereocenters. The predicted molar refractivity (Wildman–Crippen MR) is 161 cm³/mol. The number of carbonyl (C=O) groups is 1. The molecule has 0 amide bonds. The van der Waals surface area contributed by atoms with Gasteiger partial charge in [-0.2, -0.15) is 0 Å². The topological polar surface area (TPSA) is 74.2 Å². The van der Waals surface area contributed by atoms with Crippen LogP contribution in [0.25, 0.3) is 11.1 Å². The summed E-state index contributed by atoms with van der Waals surface area (Å²) in [5.74, 6) is 2.09. The molecule has 0 saturated heterocycles. The molecule has 7 heteroatoms. The molecule has 0 fully saturated rings. The summed E-state index contributed by atoms with van der Waals surface area (Å²) in [7, 11) is 1.37. The molecule has 42 heavy (non-hydrogen) atoms. The molecular formula is C35H37FO6. The SMILES string of the molecule is CCCc1c(OCCCOc2cc(O)c(-c3ccc(F)cc3)cc2CC)cccc1Oc1ccccc1CC(=O)OC. The fraction of sp³-hybridized carbons (Fsp3) is 0.286. The first-order chi connectivity index (χ1) is 20.4. The highest BCUT2D eigenvalue weighted by atomic mass is 19.1. The Bertz CT molecular complexity index is 1480. The Morgan fingerprint density at radius 1 is 0.810 bits per heavy atom. The monoisotopic (exact) mass is 572 g/mol. The lowest BCUT2D eigenvalue weighted by Crippen LogP contribution is -2.08. The van der Waals surface area contributed by atoms with Gasteiger partial charge >= 0.3 is 5.97 Å². The Morgan fingerprint density at radius 2 is 1.50 bits per heavy atom. The van der Waals surface area contributed by atoms with Gasteiger partial charge in [-0.05, 0) is 60.4 Å². The second-order valence-corrected chi connectivity index (χ2v) is 9.83. The maximum Gasteiger partial charge on any atom is 0.310 e. The number of methoxy groups -OCH3 is 1. The van der Waals surface area contributed by atoms with Crippen LogP contribution in [-0.2, 0) is 28.8 Å². The fourth-order valence-corrected chi connectivity index (χ4v) is 4.68.